The lowest BCUT2D eigenvalue weighted by atomic mass is 9.93. The summed E-state index contributed by atoms with van der Waals surface area (Å²) in [6, 6.07) is 1.76. The first-order valence-electron chi connectivity index (χ1n) is 8.54. The van der Waals surface area contributed by atoms with Crippen molar-refractivity contribution in [2.24, 2.45) is 13.0 Å². The predicted octanol–water partition coefficient (Wildman–Crippen LogP) is 1.07. The van der Waals surface area contributed by atoms with Crippen LogP contribution in [0.15, 0.2) is 23.6 Å². The largest absolute Gasteiger partial charge is 0.336 e. The Bertz CT molecular complexity index is 894. The number of carbonyl (C=O) groups excluding carboxylic acids is 1. The van der Waals surface area contributed by atoms with Gasteiger partial charge in [0, 0.05) is 39.0 Å². The van der Waals surface area contributed by atoms with Gasteiger partial charge in [-0.1, -0.05) is 11.8 Å². The van der Waals surface area contributed by atoms with Crippen molar-refractivity contribution < 1.29 is 4.79 Å². The van der Waals surface area contributed by atoms with Crippen LogP contribution in [0.4, 0.5) is 0 Å². The van der Waals surface area contributed by atoms with Crippen molar-refractivity contribution in [3.8, 4) is 0 Å². The molecule has 0 radical (unpaired) electrons. The number of likely N-dealkylation sites (tertiary alicyclic amines) is 1. The van der Waals surface area contributed by atoms with Gasteiger partial charge in [-0.05, 0) is 31.1 Å². The van der Waals surface area contributed by atoms with Gasteiger partial charge in [0.1, 0.15) is 5.82 Å². The molecule has 0 aromatic carbocycles. The van der Waals surface area contributed by atoms with E-state index in [1.165, 1.54) is 4.52 Å². The lowest BCUT2D eigenvalue weighted by molar-refractivity contribution is 0.0677. The normalized spacial score (nSPS) is 15.7. The third-order valence-electron chi connectivity index (χ3n) is 4.79. The minimum atomic E-state index is -0.128. The molecule has 1 fully saturated rings. The number of piperidine rings is 1. The molecule has 4 heterocycles. The van der Waals surface area contributed by atoms with Gasteiger partial charge in [-0.25, -0.2) is 9.50 Å². The fraction of sp³-hybridized carbons (Fsp3) is 0.500. The lowest BCUT2D eigenvalue weighted by Crippen LogP contribution is -2.39. The number of carbonyl (C=O) groups is 1. The summed E-state index contributed by atoms with van der Waals surface area (Å²) in [6.45, 7) is 1.42. The van der Waals surface area contributed by atoms with Crippen molar-refractivity contribution in [2.75, 3.05) is 19.3 Å². The highest BCUT2D eigenvalue weighted by atomic mass is 32.2. The van der Waals surface area contributed by atoms with Crippen molar-refractivity contribution in [3.05, 3.63) is 30.1 Å². The van der Waals surface area contributed by atoms with E-state index in [9.17, 15) is 4.79 Å². The van der Waals surface area contributed by atoms with E-state index in [0.29, 0.717) is 24.8 Å². The molecule has 0 atom stereocenters. The molecule has 26 heavy (non-hydrogen) atoms. The number of thioether (sulfide) groups is 1. The zero-order chi connectivity index (χ0) is 18.1. The Morgan fingerprint density at radius 2 is 2.12 bits per heavy atom. The van der Waals surface area contributed by atoms with Crippen molar-refractivity contribution in [2.45, 2.75) is 24.4 Å². The van der Waals surface area contributed by atoms with E-state index in [2.05, 4.69) is 29.8 Å². The van der Waals surface area contributed by atoms with E-state index in [4.69, 9.17) is 0 Å². The molecule has 0 bridgehead atoms. The van der Waals surface area contributed by atoms with E-state index in [0.717, 1.165) is 30.2 Å². The Balaban J connectivity index is 1.38. The fourth-order valence-corrected chi connectivity index (χ4v) is 3.77. The van der Waals surface area contributed by atoms with Crippen LogP contribution in [-0.2, 0) is 13.5 Å². The highest BCUT2D eigenvalue weighted by Gasteiger charge is 2.27. The summed E-state index contributed by atoms with van der Waals surface area (Å²) in [6.07, 6.45) is 8.15. The van der Waals surface area contributed by atoms with Crippen molar-refractivity contribution in [1.82, 2.24) is 39.2 Å². The minimum absolute atomic E-state index is 0.128. The third-order valence-corrected chi connectivity index (χ3v) is 5.51. The average Bonchev–Trinajstić information content (AvgIpc) is 3.25. The van der Waals surface area contributed by atoms with Crippen molar-refractivity contribution >= 4 is 23.4 Å². The van der Waals surface area contributed by atoms with Crippen LogP contribution < -0.4 is 0 Å². The third kappa shape index (κ3) is 3.16. The number of aromatic nitrogens is 7. The summed E-state index contributed by atoms with van der Waals surface area (Å²) in [4.78, 5) is 22.8. The molecular weight excluding hydrogens is 352 g/mol. The van der Waals surface area contributed by atoms with Crippen LogP contribution in [0, 0.1) is 5.92 Å². The van der Waals surface area contributed by atoms with Crippen LogP contribution in [0.3, 0.4) is 0 Å². The van der Waals surface area contributed by atoms with Crippen LogP contribution >= 0.6 is 11.8 Å². The molecule has 10 heteroatoms. The summed E-state index contributed by atoms with van der Waals surface area (Å²) in [5.74, 6) is 2.04. The monoisotopic (exact) mass is 372 g/mol. The van der Waals surface area contributed by atoms with Crippen LogP contribution in [0.2, 0.25) is 0 Å². The summed E-state index contributed by atoms with van der Waals surface area (Å²) in [7, 11) is 2.00. The highest BCUT2D eigenvalue weighted by molar-refractivity contribution is 7.98. The van der Waals surface area contributed by atoms with Gasteiger partial charge < -0.3 is 9.47 Å². The molecule has 0 N–H and O–H groups in total. The second-order valence-corrected chi connectivity index (χ2v) is 7.17. The molecule has 9 nitrogen and oxygen atoms in total. The maximum atomic E-state index is 12.7. The Labute approximate surface area is 154 Å². The Morgan fingerprint density at radius 1 is 1.31 bits per heavy atom. The number of hydrogen-bond donors (Lipinski definition) is 0. The average molecular weight is 372 g/mol. The molecule has 1 aliphatic heterocycles. The zero-order valence-corrected chi connectivity index (χ0v) is 15.6. The number of fused-ring (bicyclic) bond motifs is 1. The van der Waals surface area contributed by atoms with Gasteiger partial charge in [0.15, 0.2) is 5.16 Å². The van der Waals surface area contributed by atoms with E-state index < -0.39 is 0 Å². The highest BCUT2D eigenvalue weighted by Crippen LogP contribution is 2.23. The second-order valence-electron chi connectivity index (χ2n) is 6.40. The standard InChI is InChI=1S/C16H20N8OS/c1-22-12(19-20-16(22)26-2)10-11-4-8-23(9-5-11)14(25)13-18-15-17-6-3-7-24(15)21-13/h3,6-7,11H,4-5,8-10H2,1-2H3. The molecule has 1 aliphatic rings. The second kappa shape index (κ2) is 7.02. The van der Waals surface area contributed by atoms with Crippen LogP contribution in [0.5, 0.6) is 0 Å². The fourth-order valence-electron chi connectivity index (χ4n) is 3.26. The van der Waals surface area contributed by atoms with Crippen LogP contribution in [0.25, 0.3) is 5.78 Å². The quantitative estimate of drug-likeness (QED) is 0.632. The zero-order valence-electron chi connectivity index (χ0n) is 14.7. The lowest BCUT2D eigenvalue weighted by Gasteiger charge is -2.31. The molecule has 3 aromatic heterocycles. The molecule has 0 aliphatic carbocycles. The molecule has 1 amide bonds. The number of rotatable bonds is 4. The molecule has 1 saturated heterocycles. The predicted molar refractivity (Wildman–Crippen MR) is 95.9 cm³/mol. The van der Waals surface area contributed by atoms with Gasteiger partial charge >= 0.3 is 0 Å². The summed E-state index contributed by atoms with van der Waals surface area (Å²) in [5.41, 5.74) is 0. The molecule has 136 valence electrons. The van der Waals surface area contributed by atoms with Gasteiger partial charge in [-0.2, -0.15) is 4.98 Å². The molecule has 4 rings (SSSR count). The molecule has 3 aromatic rings. The van der Waals surface area contributed by atoms with Crippen LogP contribution in [-0.4, -0.2) is 64.5 Å². The van der Waals surface area contributed by atoms with Gasteiger partial charge in [0.05, 0.1) is 0 Å². The Morgan fingerprint density at radius 3 is 2.81 bits per heavy atom. The van der Waals surface area contributed by atoms with Gasteiger partial charge in [-0.3, -0.25) is 4.79 Å². The minimum Gasteiger partial charge on any atom is -0.336 e. The molecule has 0 spiro atoms. The first-order chi connectivity index (χ1) is 12.7. The number of hydrogen-bond acceptors (Lipinski definition) is 7. The first kappa shape index (κ1) is 17.0. The van der Waals surface area contributed by atoms with E-state index >= 15 is 0 Å². The van der Waals surface area contributed by atoms with Crippen molar-refractivity contribution in [3.63, 3.8) is 0 Å². The van der Waals surface area contributed by atoms with E-state index in [-0.39, 0.29) is 11.7 Å². The van der Waals surface area contributed by atoms with E-state index in [1.54, 1.807) is 30.2 Å². The summed E-state index contributed by atoms with van der Waals surface area (Å²) >= 11 is 1.60. The summed E-state index contributed by atoms with van der Waals surface area (Å²) < 4.78 is 3.58. The Kier molecular flexibility index (Phi) is 4.58. The van der Waals surface area contributed by atoms with Gasteiger partial charge in [0.2, 0.25) is 5.82 Å². The van der Waals surface area contributed by atoms with Gasteiger partial charge in [-0.15, -0.1) is 15.3 Å². The topological polar surface area (TPSA) is 94.1 Å². The summed E-state index contributed by atoms with van der Waals surface area (Å²) in [5, 5.41) is 13.6. The Hall–Kier alpha value is -2.49. The van der Waals surface area contributed by atoms with Gasteiger partial charge in [0.25, 0.3) is 11.7 Å². The maximum Gasteiger partial charge on any atom is 0.293 e. The smallest absolute Gasteiger partial charge is 0.293 e. The first-order valence-corrected chi connectivity index (χ1v) is 9.77. The molecule has 0 saturated carbocycles. The van der Waals surface area contributed by atoms with Crippen LogP contribution in [0.1, 0.15) is 29.3 Å². The van der Waals surface area contributed by atoms with Crippen molar-refractivity contribution in [1.29, 1.82) is 0 Å². The number of nitrogens with zero attached hydrogens (tertiary/aromatic N) is 8. The van der Waals surface area contributed by atoms with E-state index in [1.807, 2.05) is 18.2 Å². The number of amides is 1. The molecule has 0 unspecified atom stereocenters. The SMILES string of the molecule is CSc1nnc(CC2CCN(C(=O)c3nc4ncccn4n3)CC2)n1C. The molecular formula is C16H20N8OS. The maximum absolute atomic E-state index is 12.7.